The van der Waals surface area contributed by atoms with Gasteiger partial charge in [-0.05, 0) is 66.9 Å². The number of thioether (sulfide) groups is 1. The molecule has 0 aliphatic carbocycles. The molecule has 2 amide bonds. The predicted molar refractivity (Wildman–Crippen MR) is 118 cm³/mol. The maximum absolute atomic E-state index is 13.4. The van der Waals surface area contributed by atoms with Crippen LogP contribution in [-0.2, 0) is 6.42 Å². The van der Waals surface area contributed by atoms with Gasteiger partial charge in [0, 0.05) is 28.0 Å². The number of amides is 2. The van der Waals surface area contributed by atoms with Crippen LogP contribution in [0.25, 0.3) is 10.9 Å². The SMILES string of the molecule is CC(CCCCc1ccc(NC(=O)Nc2c[nH]c3ccc(F)cc23)cc1)SC(F)(F)F. The molecule has 1 heterocycles. The van der Waals surface area contributed by atoms with Crippen LogP contribution in [0.15, 0.2) is 48.7 Å². The predicted octanol–water partition coefficient (Wildman–Crippen LogP) is 7.31. The van der Waals surface area contributed by atoms with Crippen molar-refractivity contribution in [3.8, 4) is 0 Å². The van der Waals surface area contributed by atoms with E-state index in [0.717, 1.165) is 24.8 Å². The standard InChI is InChI=1S/C22H23F4N3OS/c1-14(31-22(24,25)26)4-2-3-5-15-6-9-17(10-7-15)28-21(30)29-20-13-27-19-11-8-16(23)12-18(19)20/h6-14,27H,2-5H2,1H3,(H2,28,29,30). The number of aromatic amines is 1. The maximum Gasteiger partial charge on any atom is 0.442 e. The average Bonchev–Trinajstić information content (AvgIpc) is 3.07. The van der Waals surface area contributed by atoms with Crippen molar-refractivity contribution in [2.75, 3.05) is 10.6 Å². The zero-order valence-corrected chi connectivity index (χ0v) is 17.7. The Balaban J connectivity index is 1.44. The fourth-order valence-electron chi connectivity index (χ4n) is 3.28. The minimum absolute atomic E-state index is 0.0461. The number of carbonyl (C=O) groups is 1. The molecule has 0 bridgehead atoms. The van der Waals surface area contributed by atoms with E-state index in [9.17, 15) is 22.4 Å². The molecule has 0 saturated carbocycles. The minimum Gasteiger partial charge on any atom is -0.359 e. The van der Waals surface area contributed by atoms with Crippen LogP contribution in [0.5, 0.6) is 0 Å². The number of aryl methyl sites for hydroxylation is 1. The highest BCUT2D eigenvalue weighted by molar-refractivity contribution is 8.00. The average molecular weight is 454 g/mol. The molecule has 0 fully saturated rings. The molecule has 0 saturated heterocycles. The van der Waals surface area contributed by atoms with Crippen molar-refractivity contribution in [3.05, 3.63) is 60.0 Å². The lowest BCUT2D eigenvalue weighted by Gasteiger charge is -2.13. The number of rotatable bonds is 8. The van der Waals surface area contributed by atoms with Gasteiger partial charge in [0.1, 0.15) is 5.82 Å². The summed E-state index contributed by atoms with van der Waals surface area (Å²) in [5.74, 6) is -0.389. The van der Waals surface area contributed by atoms with Gasteiger partial charge in [-0.2, -0.15) is 13.2 Å². The van der Waals surface area contributed by atoms with Gasteiger partial charge in [-0.15, -0.1) is 0 Å². The van der Waals surface area contributed by atoms with Crippen molar-refractivity contribution in [1.82, 2.24) is 4.98 Å². The lowest BCUT2D eigenvalue weighted by atomic mass is 10.1. The number of aromatic nitrogens is 1. The van der Waals surface area contributed by atoms with Crippen molar-refractivity contribution >= 4 is 40.1 Å². The van der Waals surface area contributed by atoms with E-state index in [1.807, 2.05) is 12.1 Å². The fraction of sp³-hybridized carbons (Fsp3) is 0.318. The second-order valence-electron chi connectivity index (χ2n) is 7.29. The summed E-state index contributed by atoms with van der Waals surface area (Å²) >= 11 is 0.0461. The molecular weight excluding hydrogens is 430 g/mol. The van der Waals surface area contributed by atoms with Crippen LogP contribution in [0.4, 0.5) is 33.7 Å². The van der Waals surface area contributed by atoms with Crippen molar-refractivity contribution in [2.45, 2.75) is 43.4 Å². The lowest BCUT2D eigenvalue weighted by molar-refractivity contribution is -0.0333. The number of nitrogens with one attached hydrogen (secondary N) is 3. The third kappa shape index (κ3) is 7.20. The van der Waals surface area contributed by atoms with Gasteiger partial charge >= 0.3 is 11.5 Å². The summed E-state index contributed by atoms with van der Waals surface area (Å²) in [6.07, 6.45) is 4.39. The van der Waals surface area contributed by atoms with Crippen molar-refractivity contribution in [3.63, 3.8) is 0 Å². The van der Waals surface area contributed by atoms with E-state index in [4.69, 9.17) is 0 Å². The van der Waals surface area contributed by atoms with Gasteiger partial charge in [0.05, 0.1) is 5.69 Å². The number of carbonyl (C=O) groups excluding carboxylic acids is 1. The Bertz CT molecular complexity index is 1020. The van der Waals surface area contributed by atoms with Gasteiger partial charge in [-0.1, -0.05) is 25.5 Å². The highest BCUT2D eigenvalue weighted by atomic mass is 32.2. The molecule has 166 valence electrons. The van der Waals surface area contributed by atoms with E-state index in [0.29, 0.717) is 28.7 Å². The largest absolute Gasteiger partial charge is 0.442 e. The molecule has 0 spiro atoms. The molecule has 3 aromatic rings. The maximum atomic E-state index is 13.4. The number of urea groups is 1. The number of hydrogen-bond acceptors (Lipinski definition) is 2. The topological polar surface area (TPSA) is 56.9 Å². The first kappa shape index (κ1) is 23.0. The fourth-order valence-corrected chi connectivity index (χ4v) is 4.02. The molecule has 1 atom stereocenters. The number of benzene rings is 2. The highest BCUT2D eigenvalue weighted by Gasteiger charge is 2.30. The Morgan fingerprint density at radius 1 is 1.10 bits per heavy atom. The molecule has 0 aliphatic heterocycles. The number of halogens is 4. The Labute approximate surface area is 181 Å². The van der Waals surface area contributed by atoms with E-state index in [1.54, 1.807) is 31.3 Å². The number of alkyl halides is 3. The van der Waals surface area contributed by atoms with Crippen LogP contribution < -0.4 is 10.6 Å². The van der Waals surface area contributed by atoms with Crippen LogP contribution in [0, 0.1) is 5.82 Å². The van der Waals surface area contributed by atoms with Crippen LogP contribution in [0.3, 0.4) is 0 Å². The van der Waals surface area contributed by atoms with Crippen LogP contribution in [0.2, 0.25) is 0 Å². The molecular formula is C22H23F4N3OS. The van der Waals surface area contributed by atoms with Gasteiger partial charge < -0.3 is 15.6 Å². The Kier molecular flexibility index (Phi) is 7.48. The van der Waals surface area contributed by atoms with Gasteiger partial charge in [-0.3, -0.25) is 0 Å². The zero-order valence-electron chi connectivity index (χ0n) is 16.9. The normalized spacial score (nSPS) is 12.7. The lowest BCUT2D eigenvalue weighted by Crippen LogP contribution is -2.19. The Morgan fingerprint density at radius 3 is 2.55 bits per heavy atom. The van der Waals surface area contributed by atoms with Gasteiger partial charge in [0.25, 0.3) is 0 Å². The van der Waals surface area contributed by atoms with Gasteiger partial charge in [0.15, 0.2) is 0 Å². The summed E-state index contributed by atoms with van der Waals surface area (Å²) in [4.78, 5) is 15.2. The van der Waals surface area contributed by atoms with E-state index in [2.05, 4.69) is 15.6 Å². The molecule has 0 aliphatic rings. The summed E-state index contributed by atoms with van der Waals surface area (Å²) in [5, 5.41) is 5.55. The van der Waals surface area contributed by atoms with E-state index >= 15 is 0 Å². The molecule has 0 radical (unpaired) electrons. The first-order chi connectivity index (χ1) is 14.7. The van der Waals surface area contributed by atoms with Crippen LogP contribution >= 0.6 is 11.8 Å². The molecule has 3 rings (SSSR count). The molecule has 2 aromatic carbocycles. The van der Waals surface area contributed by atoms with Gasteiger partial charge in [0.2, 0.25) is 0 Å². The summed E-state index contributed by atoms with van der Waals surface area (Å²) < 4.78 is 50.4. The number of hydrogen-bond donors (Lipinski definition) is 3. The summed E-state index contributed by atoms with van der Waals surface area (Å²) in [6.45, 7) is 1.59. The summed E-state index contributed by atoms with van der Waals surface area (Å²) in [5.41, 5.74) is -1.34. The first-order valence-electron chi connectivity index (χ1n) is 9.88. The third-order valence-corrected chi connectivity index (χ3v) is 5.67. The molecule has 1 unspecified atom stereocenters. The zero-order chi connectivity index (χ0) is 22.4. The number of H-pyrrole nitrogens is 1. The molecule has 31 heavy (non-hydrogen) atoms. The second-order valence-corrected chi connectivity index (χ2v) is 8.79. The van der Waals surface area contributed by atoms with E-state index in [1.165, 1.54) is 12.1 Å². The first-order valence-corrected chi connectivity index (χ1v) is 10.8. The van der Waals surface area contributed by atoms with Crippen molar-refractivity contribution in [1.29, 1.82) is 0 Å². The van der Waals surface area contributed by atoms with Crippen molar-refractivity contribution in [2.24, 2.45) is 0 Å². The number of unbranched alkanes of at least 4 members (excludes halogenated alkanes) is 1. The monoisotopic (exact) mass is 453 g/mol. The Hall–Kier alpha value is -2.68. The highest BCUT2D eigenvalue weighted by Crippen LogP contribution is 2.35. The van der Waals surface area contributed by atoms with Crippen molar-refractivity contribution < 1.29 is 22.4 Å². The van der Waals surface area contributed by atoms with E-state index < -0.39 is 16.8 Å². The smallest absolute Gasteiger partial charge is 0.359 e. The van der Waals surface area contributed by atoms with Gasteiger partial charge in [-0.25, -0.2) is 9.18 Å². The third-order valence-electron chi connectivity index (χ3n) is 4.76. The van der Waals surface area contributed by atoms with Crippen LogP contribution in [0.1, 0.15) is 31.7 Å². The molecule has 1 aromatic heterocycles. The van der Waals surface area contributed by atoms with Crippen LogP contribution in [-0.4, -0.2) is 21.8 Å². The quantitative estimate of drug-likeness (QED) is 0.247. The molecule has 4 nitrogen and oxygen atoms in total. The number of anilines is 2. The minimum atomic E-state index is -4.18. The van der Waals surface area contributed by atoms with E-state index in [-0.39, 0.29) is 17.6 Å². The number of fused-ring (bicyclic) bond motifs is 1. The molecule has 3 N–H and O–H groups in total. The summed E-state index contributed by atoms with van der Waals surface area (Å²) in [6, 6.07) is 11.1. The second kappa shape index (κ2) is 10.1. The summed E-state index contributed by atoms with van der Waals surface area (Å²) in [7, 11) is 0. The molecule has 9 heteroatoms. The Morgan fingerprint density at radius 2 is 1.84 bits per heavy atom.